The van der Waals surface area contributed by atoms with Gasteiger partial charge in [0.15, 0.2) is 0 Å². The lowest BCUT2D eigenvalue weighted by molar-refractivity contribution is -0.126. The number of carbonyl (C=O) groups excluding carboxylic acids is 1. The molecule has 1 saturated carbocycles. The predicted molar refractivity (Wildman–Crippen MR) is 92.4 cm³/mol. The van der Waals surface area contributed by atoms with E-state index in [1.165, 1.54) is 18.6 Å². The number of benzene rings is 1. The highest BCUT2D eigenvalue weighted by Crippen LogP contribution is 2.41. The molecule has 2 N–H and O–H groups in total. The zero-order chi connectivity index (χ0) is 15.4. The fourth-order valence-corrected chi connectivity index (χ4v) is 3.91. The molecule has 1 heterocycles. The Labute approximate surface area is 143 Å². The van der Waals surface area contributed by atoms with E-state index in [1.54, 1.807) is 12.1 Å². The summed E-state index contributed by atoms with van der Waals surface area (Å²) in [4.78, 5) is 12.8. The van der Waals surface area contributed by atoms with E-state index in [2.05, 4.69) is 10.6 Å². The summed E-state index contributed by atoms with van der Waals surface area (Å²) in [5.41, 5.74) is 0.521. The van der Waals surface area contributed by atoms with Crippen LogP contribution in [0.15, 0.2) is 24.3 Å². The second-order valence-electron chi connectivity index (χ2n) is 6.70. The van der Waals surface area contributed by atoms with Crippen molar-refractivity contribution >= 4 is 18.3 Å². The van der Waals surface area contributed by atoms with E-state index in [1.807, 2.05) is 0 Å². The second kappa shape index (κ2) is 8.11. The molecule has 2 aliphatic rings. The fraction of sp³-hybridized carbons (Fsp3) is 0.611. The summed E-state index contributed by atoms with van der Waals surface area (Å²) in [7, 11) is 0. The SMILES string of the molecule is Cl.O=C(NCCC1CCNC1)C1(c2ccc(F)cc2)CCCC1. The van der Waals surface area contributed by atoms with E-state index in [-0.39, 0.29) is 24.1 Å². The Hall–Kier alpha value is -1.13. The van der Waals surface area contributed by atoms with Gasteiger partial charge in [-0.1, -0.05) is 25.0 Å². The largest absolute Gasteiger partial charge is 0.355 e. The number of hydrogen-bond acceptors (Lipinski definition) is 2. The summed E-state index contributed by atoms with van der Waals surface area (Å²) < 4.78 is 13.2. The molecule has 1 aromatic rings. The number of nitrogens with one attached hydrogen (secondary N) is 2. The molecule has 128 valence electrons. The Bertz CT molecular complexity index is 508. The average molecular weight is 341 g/mol. The summed E-state index contributed by atoms with van der Waals surface area (Å²) >= 11 is 0. The maximum absolute atomic E-state index is 13.2. The van der Waals surface area contributed by atoms with E-state index in [0.29, 0.717) is 5.92 Å². The van der Waals surface area contributed by atoms with Crippen LogP contribution < -0.4 is 10.6 Å². The van der Waals surface area contributed by atoms with Gasteiger partial charge in [0.25, 0.3) is 0 Å². The third-order valence-electron chi connectivity index (χ3n) is 5.29. The molecule has 1 saturated heterocycles. The van der Waals surface area contributed by atoms with Gasteiger partial charge in [-0.25, -0.2) is 4.39 Å². The molecular formula is C18H26ClFN2O. The number of rotatable bonds is 5. The zero-order valence-electron chi connectivity index (χ0n) is 13.4. The Balaban J connectivity index is 0.00000192. The first kappa shape index (κ1) is 18.2. The van der Waals surface area contributed by atoms with Crippen molar-refractivity contribution in [1.82, 2.24) is 10.6 Å². The molecule has 1 aliphatic carbocycles. The minimum absolute atomic E-state index is 0. The molecule has 3 nitrogen and oxygen atoms in total. The number of halogens is 2. The molecule has 5 heteroatoms. The third-order valence-corrected chi connectivity index (χ3v) is 5.29. The second-order valence-corrected chi connectivity index (χ2v) is 6.70. The van der Waals surface area contributed by atoms with Gasteiger partial charge >= 0.3 is 0 Å². The summed E-state index contributed by atoms with van der Waals surface area (Å²) in [5.74, 6) is 0.569. The molecule has 1 atom stereocenters. The van der Waals surface area contributed by atoms with Crippen molar-refractivity contribution in [1.29, 1.82) is 0 Å². The van der Waals surface area contributed by atoms with Crippen molar-refractivity contribution in [2.45, 2.75) is 43.9 Å². The third kappa shape index (κ3) is 4.04. The lowest BCUT2D eigenvalue weighted by Crippen LogP contribution is -2.43. The number of carbonyl (C=O) groups is 1. The normalized spacial score (nSPS) is 22.6. The predicted octanol–water partition coefficient (Wildman–Crippen LogP) is 3.18. The summed E-state index contributed by atoms with van der Waals surface area (Å²) in [6.45, 7) is 2.91. The fourth-order valence-electron chi connectivity index (χ4n) is 3.91. The Kier molecular flexibility index (Phi) is 6.42. The standard InChI is InChI=1S/C18H25FN2O.ClH/c19-16-5-3-15(4-6-16)18(9-1-2-10-18)17(22)21-12-8-14-7-11-20-13-14;/h3-6,14,20H,1-2,7-13H2,(H,21,22);1H. The van der Waals surface area contributed by atoms with Crippen molar-refractivity contribution in [3.63, 3.8) is 0 Å². The highest BCUT2D eigenvalue weighted by atomic mass is 35.5. The van der Waals surface area contributed by atoms with E-state index < -0.39 is 5.41 Å². The molecular weight excluding hydrogens is 315 g/mol. The lowest BCUT2D eigenvalue weighted by Gasteiger charge is -2.28. The van der Waals surface area contributed by atoms with Crippen molar-refractivity contribution < 1.29 is 9.18 Å². The van der Waals surface area contributed by atoms with Crippen molar-refractivity contribution in [3.8, 4) is 0 Å². The molecule has 1 aromatic carbocycles. The highest BCUT2D eigenvalue weighted by molar-refractivity contribution is 5.88. The highest BCUT2D eigenvalue weighted by Gasteiger charge is 2.42. The summed E-state index contributed by atoms with van der Waals surface area (Å²) in [5, 5.41) is 6.50. The average Bonchev–Trinajstić information content (AvgIpc) is 3.20. The van der Waals surface area contributed by atoms with Crippen LogP contribution in [0.1, 0.15) is 44.1 Å². The van der Waals surface area contributed by atoms with Gasteiger partial charge in [-0.05, 0) is 62.4 Å². The molecule has 2 fully saturated rings. The lowest BCUT2D eigenvalue weighted by atomic mass is 9.78. The van der Waals surface area contributed by atoms with Crippen LogP contribution in [-0.4, -0.2) is 25.5 Å². The number of amides is 1. The van der Waals surface area contributed by atoms with Gasteiger partial charge < -0.3 is 10.6 Å². The van der Waals surface area contributed by atoms with E-state index in [9.17, 15) is 9.18 Å². The quantitative estimate of drug-likeness (QED) is 0.864. The molecule has 1 aliphatic heterocycles. The van der Waals surface area contributed by atoms with Gasteiger partial charge in [0.2, 0.25) is 5.91 Å². The molecule has 1 amide bonds. The van der Waals surface area contributed by atoms with Crippen molar-refractivity contribution in [2.75, 3.05) is 19.6 Å². The minimum atomic E-state index is -0.443. The summed E-state index contributed by atoms with van der Waals surface area (Å²) in [6, 6.07) is 6.49. The smallest absolute Gasteiger partial charge is 0.230 e. The van der Waals surface area contributed by atoms with Crippen LogP contribution in [0.25, 0.3) is 0 Å². The Morgan fingerprint density at radius 1 is 1.26 bits per heavy atom. The van der Waals surface area contributed by atoms with Gasteiger partial charge in [-0.2, -0.15) is 0 Å². The molecule has 0 radical (unpaired) electrons. The number of hydrogen-bond donors (Lipinski definition) is 2. The first-order valence-electron chi connectivity index (χ1n) is 8.46. The molecule has 3 rings (SSSR count). The van der Waals surface area contributed by atoms with Crippen molar-refractivity contribution in [2.24, 2.45) is 5.92 Å². The zero-order valence-corrected chi connectivity index (χ0v) is 14.3. The molecule has 0 aromatic heterocycles. The van der Waals surface area contributed by atoms with Gasteiger partial charge in [0.1, 0.15) is 5.82 Å². The van der Waals surface area contributed by atoms with Gasteiger partial charge in [-0.15, -0.1) is 12.4 Å². The van der Waals surface area contributed by atoms with Crippen LogP contribution in [0.3, 0.4) is 0 Å². The first-order valence-corrected chi connectivity index (χ1v) is 8.46. The minimum Gasteiger partial charge on any atom is -0.355 e. The summed E-state index contributed by atoms with van der Waals surface area (Å²) in [6.07, 6.45) is 6.12. The van der Waals surface area contributed by atoms with Crippen LogP contribution in [0.5, 0.6) is 0 Å². The van der Waals surface area contributed by atoms with Crippen LogP contribution >= 0.6 is 12.4 Å². The van der Waals surface area contributed by atoms with Gasteiger partial charge in [0, 0.05) is 6.54 Å². The molecule has 0 bridgehead atoms. The Morgan fingerprint density at radius 3 is 2.57 bits per heavy atom. The molecule has 0 spiro atoms. The van der Waals surface area contributed by atoms with Gasteiger partial charge in [-0.3, -0.25) is 4.79 Å². The maximum atomic E-state index is 13.2. The maximum Gasteiger partial charge on any atom is 0.230 e. The van der Waals surface area contributed by atoms with E-state index in [4.69, 9.17) is 0 Å². The molecule has 1 unspecified atom stereocenters. The van der Waals surface area contributed by atoms with E-state index >= 15 is 0 Å². The monoisotopic (exact) mass is 340 g/mol. The van der Waals surface area contributed by atoms with Crippen molar-refractivity contribution in [3.05, 3.63) is 35.6 Å². The van der Waals surface area contributed by atoms with Gasteiger partial charge in [0.05, 0.1) is 5.41 Å². The van der Waals surface area contributed by atoms with Crippen LogP contribution in [0, 0.1) is 11.7 Å². The topological polar surface area (TPSA) is 41.1 Å². The van der Waals surface area contributed by atoms with Crippen LogP contribution in [0.2, 0.25) is 0 Å². The Morgan fingerprint density at radius 2 is 1.96 bits per heavy atom. The molecule has 23 heavy (non-hydrogen) atoms. The van der Waals surface area contributed by atoms with Crippen LogP contribution in [-0.2, 0) is 10.2 Å². The first-order chi connectivity index (χ1) is 10.7. The van der Waals surface area contributed by atoms with Crippen LogP contribution in [0.4, 0.5) is 4.39 Å². The van der Waals surface area contributed by atoms with E-state index in [0.717, 1.165) is 57.3 Å².